The Hall–Kier alpha value is -2.02. The molecule has 0 aromatic heterocycles. The lowest BCUT2D eigenvalue weighted by atomic mass is 9.80. The summed E-state index contributed by atoms with van der Waals surface area (Å²) in [4.78, 5) is 13.1. The van der Waals surface area contributed by atoms with Gasteiger partial charge in [0, 0.05) is 21.3 Å². The van der Waals surface area contributed by atoms with E-state index in [1.165, 1.54) is 0 Å². The molecule has 26 heavy (non-hydrogen) atoms. The van der Waals surface area contributed by atoms with Crippen LogP contribution >= 0.6 is 35.4 Å². The van der Waals surface area contributed by atoms with E-state index in [9.17, 15) is 4.79 Å². The SMILES string of the molecule is C[C@]12NC(=S)N[C@H](c3cc(Cl)ccc3O1)[C@H]2C(=O)Nc1ccc(Cl)cc1. The number of benzene rings is 2. The number of carbonyl (C=O) groups is 1. The third kappa shape index (κ3) is 2.98. The molecule has 0 aliphatic carbocycles. The number of rotatable bonds is 2. The summed E-state index contributed by atoms with van der Waals surface area (Å²) in [6.07, 6.45) is 0. The Balaban J connectivity index is 1.71. The molecule has 0 unspecified atom stereocenters. The van der Waals surface area contributed by atoms with Gasteiger partial charge in [0.1, 0.15) is 11.7 Å². The summed E-state index contributed by atoms with van der Waals surface area (Å²) in [6.45, 7) is 1.82. The highest BCUT2D eigenvalue weighted by Crippen LogP contribution is 2.45. The minimum absolute atomic E-state index is 0.201. The first kappa shape index (κ1) is 17.4. The average Bonchev–Trinajstić information content (AvgIpc) is 2.56. The van der Waals surface area contributed by atoms with Gasteiger partial charge in [0.05, 0.1) is 6.04 Å². The van der Waals surface area contributed by atoms with E-state index in [0.717, 1.165) is 5.56 Å². The van der Waals surface area contributed by atoms with Crippen LogP contribution in [0, 0.1) is 5.92 Å². The number of fused-ring (bicyclic) bond motifs is 4. The maximum Gasteiger partial charge on any atom is 0.236 e. The molecular formula is C18H15Cl2N3O2S. The summed E-state index contributed by atoms with van der Waals surface area (Å²) in [5.74, 6) is -0.108. The van der Waals surface area contributed by atoms with Crippen molar-refractivity contribution in [2.75, 3.05) is 5.32 Å². The molecule has 1 saturated heterocycles. The minimum Gasteiger partial charge on any atom is -0.467 e. The third-order valence-corrected chi connectivity index (χ3v) is 5.31. The third-order valence-electron chi connectivity index (χ3n) is 4.60. The Kier molecular flexibility index (Phi) is 4.22. The van der Waals surface area contributed by atoms with Crippen molar-refractivity contribution in [2.24, 2.45) is 5.92 Å². The van der Waals surface area contributed by atoms with Crippen molar-refractivity contribution in [1.82, 2.24) is 10.6 Å². The molecule has 0 saturated carbocycles. The van der Waals surface area contributed by atoms with E-state index < -0.39 is 11.6 Å². The summed E-state index contributed by atoms with van der Waals surface area (Å²) in [6, 6.07) is 11.9. The van der Waals surface area contributed by atoms with E-state index in [4.69, 9.17) is 40.2 Å². The van der Waals surface area contributed by atoms with E-state index in [2.05, 4.69) is 16.0 Å². The molecule has 2 aliphatic heterocycles. The van der Waals surface area contributed by atoms with E-state index >= 15 is 0 Å². The maximum absolute atomic E-state index is 13.1. The molecule has 134 valence electrons. The van der Waals surface area contributed by atoms with E-state index in [-0.39, 0.29) is 11.9 Å². The van der Waals surface area contributed by atoms with Gasteiger partial charge in [-0.1, -0.05) is 23.2 Å². The standard InChI is InChI=1S/C18H15Cl2N3O2S/c1-18-14(16(24)21-11-5-2-9(19)3-6-11)15(22-17(26)23-18)12-8-10(20)4-7-13(12)25-18/h2-8,14-15H,1H3,(H,21,24)(H2,22,23,26)/t14-,15+,18-/m0/s1. The van der Waals surface area contributed by atoms with Crippen molar-refractivity contribution >= 4 is 52.1 Å². The van der Waals surface area contributed by atoms with E-state index in [1.54, 1.807) is 42.5 Å². The second-order valence-corrected chi connectivity index (χ2v) is 7.72. The van der Waals surface area contributed by atoms with E-state index in [1.807, 2.05) is 6.92 Å². The Morgan fingerprint density at radius 2 is 1.88 bits per heavy atom. The molecule has 2 aromatic rings. The Labute approximate surface area is 166 Å². The van der Waals surface area contributed by atoms with E-state index in [0.29, 0.717) is 26.6 Å². The molecule has 2 heterocycles. The fourth-order valence-corrected chi connectivity index (χ4v) is 4.10. The first-order chi connectivity index (χ1) is 12.4. The van der Waals surface area contributed by atoms with Crippen LogP contribution in [-0.2, 0) is 4.79 Å². The molecule has 0 radical (unpaired) electrons. The van der Waals surface area contributed by atoms with Crippen LogP contribution < -0.4 is 20.7 Å². The maximum atomic E-state index is 13.1. The summed E-state index contributed by atoms with van der Waals surface area (Å²) in [5.41, 5.74) is 0.472. The van der Waals surface area contributed by atoms with Crippen molar-refractivity contribution in [3.8, 4) is 5.75 Å². The number of anilines is 1. The lowest BCUT2D eigenvalue weighted by Crippen LogP contribution is -2.70. The van der Waals surface area contributed by atoms with Crippen LogP contribution in [0.2, 0.25) is 10.0 Å². The summed E-state index contributed by atoms with van der Waals surface area (Å²) in [7, 11) is 0. The zero-order valence-corrected chi connectivity index (χ0v) is 16.0. The molecule has 1 fully saturated rings. The van der Waals surface area contributed by atoms with Gasteiger partial charge in [0.2, 0.25) is 5.91 Å². The van der Waals surface area contributed by atoms with Crippen LogP contribution in [0.5, 0.6) is 5.75 Å². The summed E-state index contributed by atoms with van der Waals surface area (Å²) < 4.78 is 6.13. The van der Waals surface area contributed by atoms with Gasteiger partial charge in [-0.15, -0.1) is 0 Å². The lowest BCUT2D eigenvalue weighted by Gasteiger charge is -2.50. The smallest absolute Gasteiger partial charge is 0.236 e. The highest BCUT2D eigenvalue weighted by Gasteiger charge is 2.54. The molecule has 2 aromatic carbocycles. The van der Waals surface area contributed by atoms with Gasteiger partial charge < -0.3 is 20.7 Å². The number of ether oxygens (including phenoxy) is 1. The van der Waals surface area contributed by atoms with Crippen LogP contribution in [-0.4, -0.2) is 16.7 Å². The minimum atomic E-state index is -0.982. The predicted molar refractivity (Wildman–Crippen MR) is 106 cm³/mol. The highest BCUT2D eigenvalue weighted by atomic mass is 35.5. The molecule has 3 N–H and O–H groups in total. The quantitative estimate of drug-likeness (QED) is 0.659. The molecule has 2 aliphatic rings. The van der Waals surface area contributed by atoms with Crippen LogP contribution in [0.1, 0.15) is 18.5 Å². The molecule has 2 bridgehead atoms. The molecule has 1 amide bonds. The molecule has 5 nitrogen and oxygen atoms in total. The molecule has 3 atom stereocenters. The molecule has 0 spiro atoms. The summed E-state index contributed by atoms with van der Waals surface area (Å²) in [5, 5.41) is 10.8. The van der Waals surface area contributed by atoms with Crippen molar-refractivity contribution in [1.29, 1.82) is 0 Å². The lowest BCUT2D eigenvalue weighted by molar-refractivity contribution is -0.132. The largest absolute Gasteiger partial charge is 0.467 e. The topological polar surface area (TPSA) is 62.4 Å². The zero-order chi connectivity index (χ0) is 18.5. The number of amides is 1. The van der Waals surface area contributed by atoms with Crippen LogP contribution in [0.25, 0.3) is 0 Å². The fourth-order valence-electron chi connectivity index (χ4n) is 3.47. The van der Waals surface area contributed by atoms with Gasteiger partial charge in [-0.3, -0.25) is 4.79 Å². The Morgan fingerprint density at radius 3 is 2.62 bits per heavy atom. The highest BCUT2D eigenvalue weighted by molar-refractivity contribution is 7.80. The second kappa shape index (κ2) is 6.30. The van der Waals surface area contributed by atoms with Crippen molar-refractivity contribution in [3.05, 3.63) is 58.1 Å². The Bertz CT molecular complexity index is 906. The number of thiocarbonyl (C=S) groups is 1. The normalized spacial score (nSPS) is 26.0. The predicted octanol–water partition coefficient (Wildman–Crippen LogP) is 3.88. The van der Waals surface area contributed by atoms with Crippen molar-refractivity contribution in [3.63, 3.8) is 0 Å². The number of carbonyl (C=O) groups excluding carboxylic acids is 1. The zero-order valence-electron chi connectivity index (χ0n) is 13.7. The van der Waals surface area contributed by atoms with Gasteiger partial charge >= 0.3 is 0 Å². The average molecular weight is 408 g/mol. The second-order valence-electron chi connectivity index (χ2n) is 6.44. The molecule has 4 rings (SSSR count). The van der Waals surface area contributed by atoms with Gasteiger partial charge in [-0.2, -0.15) is 0 Å². The van der Waals surface area contributed by atoms with Crippen LogP contribution in [0.3, 0.4) is 0 Å². The van der Waals surface area contributed by atoms with Gasteiger partial charge in [0.25, 0.3) is 0 Å². The monoisotopic (exact) mass is 407 g/mol. The first-order valence-electron chi connectivity index (χ1n) is 7.99. The van der Waals surface area contributed by atoms with Crippen LogP contribution in [0.4, 0.5) is 5.69 Å². The number of nitrogens with one attached hydrogen (secondary N) is 3. The molecule has 8 heteroatoms. The summed E-state index contributed by atoms with van der Waals surface area (Å²) >= 11 is 17.4. The van der Waals surface area contributed by atoms with Gasteiger partial charge in [-0.05, 0) is 61.6 Å². The number of hydrogen-bond acceptors (Lipinski definition) is 3. The fraction of sp³-hybridized carbons (Fsp3) is 0.222. The van der Waals surface area contributed by atoms with Gasteiger partial charge in [0.15, 0.2) is 10.8 Å². The van der Waals surface area contributed by atoms with Crippen LogP contribution in [0.15, 0.2) is 42.5 Å². The molecular weight excluding hydrogens is 393 g/mol. The van der Waals surface area contributed by atoms with Crippen molar-refractivity contribution < 1.29 is 9.53 Å². The van der Waals surface area contributed by atoms with Gasteiger partial charge in [-0.25, -0.2) is 0 Å². The van der Waals surface area contributed by atoms with Crippen molar-refractivity contribution in [2.45, 2.75) is 18.7 Å². The number of halogens is 2. The first-order valence-corrected chi connectivity index (χ1v) is 9.16. The number of hydrogen-bond donors (Lipinski definition) is 3. The Morgan fingerprint density at radius 1 is 1.19 bits per heavy atom.